The van der Waals surface area contributed by atoms with Crippen LogP contribution in [0.5, 0.6) is 0 Å². The Kier molecular flexibility index (Phi) is 6.41. The lowest BCUT2D eigenvalue weighted by Gasteiger charge is -2.26. The molecule has 32 heavy (non-hydrogen) atoms. The predicted octanol–water partition coefficient (Wildman–Crippen LogP) is 2.65. The van der Waals surface area contributed by atoms with E-state index in [1.807, 2.05) is 24.3 Å². The van der Waals surface area contributed by atoms with Gasteiger partial charge in [0, 0.05) is 36.5 Å². The Labute approximate surface area is 187 Å². The molecule has 1 atom stereocenters. The fourth-order valence-corrected chi connectivity index (χ4v) is 5.09. The van der Waals surface area contributed by atoms with Crippen molar-refractivity contribution in [1.29, 1.82) is 5.26 Å². The van der Waals surface area contributed by atoms with E-state index in [2.05, 4.69) is 37.7 Å². The van der Waals surface area contributed by atoms with Crippen molar-refractivity contribution in [1.82, 2.24) is 19.4 Å². The molecule has 2 aliphatic rings. The van der Waals surface area contributed by atoms with E-state index >= 15 is 0 Å². The number of hydrogen-bond donors (Lipinski definition) is 4. The SMILES string of the molecule is CCC1CC=C(c2cc(C3CNS(=O)(=O)NC3)ccc2NC(=O)c2nc(C#N)c[nH]2)CC1. The van der Waals surface area contributed by atoms with Crippen LogP contribution in [0.15, 0.2) is 30.5 Å². The van der Waals surface area contributed by atoms with E-state index in [9.17, 15) is 13.2 Å². The van der Waals surface area contributed by atoms with Crippen LogP contribution in [-0.4, -0.2) is 37.4 Å². The van der Waals surface area contributed by atoms with E-state index in [1.54, 1.807) is 0 Å². The zero-order chi connectivity index (χ0) is 22.7. The molecule has 1 aliphatic carbocycles. The van der Waals surface area contributed by atoms with Crippen molar-refractivity contribution in [2.45, 2.75) is 38.5 Å². The molecule has 1 fully saturated rings. The summed E-state index contributed by atoms with van der Waals surface area (Å²) in [7, 11) is -3.42. The monoisotopic (exact) mass is 454 g/mol. The highest BCUT2D eigenvalue weighted by Gasteiger charge is 2.25. The fourth-order valence-electron chi connectivity index (χ4n) is 4.15. The van der Waals surface area contributed by atoms with E-state index in [4.69, 9.17) is 5.26 Å². The summed E-state index contributed by atoms with van der Waals surface area (Å²) in [6.45, 7) is 2.84. The van der Waals surface area contributed by atoms with Gasteiger partial charge in [0.05, 0.1) is 0 Å². The van der Waals surface area contributed by atoms with Crippen LogP contribution in [-0.2, 0) is 10.2 Å². The summed E-state index contributed by atoms with van der Waals surface area (Å²) in [6.07, 6.45) is 7.78. The van der Waals surface area contributed by atoms with E-state index in [-0.39, 0.29) is 17.4 Å². The molecule has 4 N–H and O–H groups in total. The van der Waals surface area contributed by atoms with Gasteiger partial charge in [0.15, 0.2) is 11.5 Å². The van der Waals surface area contributed by atoms with Gasteiger partial charge in [-0.3, -0.25) is 4.79 Å². The molecule has 4 rings (SSSR count). The van der Waals surface area contributed by atoms with Gasteiger partial charge < -0.3 is 10.3 Å². The van der Waals surface area contributed by atoms with Crippen LogP contribution >= 0.6 is 0 Å². The van der Waals surface area contributed by atoms with E-state index in [1.165, 1.54) is 11.8 Å². The second-order valence-corrected chi connectivity index (χ2v) is 9.76. The van der Waals surface area contributed by atoms with Gasteiger partial charge in [0.2, 0.25) is 0 Å². The molecule has 0 bridgehead atoms. The topological polar surface area (TPSA) is 140 Å². The molecule has 168 valence electrons. The number of benzene rings is 1. The smallest absolute Gasteiger partial charge is 0.291 e. The number of nitriles is 1. The average Bonchev–Trinajstić information content (AvgIpc) is 3.29. The Hall–Kier alpha value is -3.00. The van der Waals surface area contributed by atoms with Gasteiger partial charge in [-0.15, -0.1) is 0 Å². The number of amides is 1. The number of imidazole rings is 1. The molecule has 10 heteroatoms. The van der Waals surface area contributed by atoms with Crippen molar-refractivity contribution < 1.29 is 13.2 Å². The van der Waals surface area contributed by atoms with Crippen LogP contribution in [0.4, 0.5) is 5.69 Å². The van der Waals surface area contributed by atoms with Crippen LogP contribution in [0, 0.1) is 17.2 Å². The molecular weight excluding hydrogens is 428 g/mol. The number of hydrogen-bond acceptors (Lipinski definition) is 5. The molecule has 0 radical (unpaired) electrons. The van der Waals surface area contributed by atoms with Crippen LogP contribution in [0.1, 0.15) is 66.0 Å². The third kappa shape index (κ3) is 4.91. The lowest BCUT2D eigenvalue weighted by molar-refractivity contribution is 0.101. The van der Waals surface area contributed by atoms with Crippen molar-refractivity contribution in [2.24, 2.45) is 5.92 Å². The second-order valence-electron chi connectivity index (χ2n) is 8.18. The van der Waals surface area contributed by atoms with Crippen molar-refractivity contribution in [2.75, 3.05) is 18.4 Å². The molecule has 1 amide bonds. The Morgan fingerprint density at radius 3 is 2.72 bits per heavy atom. The summed E-state index contributed by atoms with van der Waals surface area (Å²) >= 11 is 0. The van der Waals surface area contributed by atoms with Gasteiger partial charge in [-0.25, -0.2) is 14.4 Å². The molecule has 9 nitrogen and oxygen atoms in total. The van der Waals surface area contributed by atoms with Gasteiger partial charge in [-0.1, -0.05) is 25.5 Å². The van der Waals surface area contributed by atoms with Gasteiger partial charge >= 0.3 is 0 Å². The molecule has 1 saturated heterocycles. The molecule has 2 heterocycles. The van der Waals surface area contributed by atoms with Crippen LogP contribution in [0.2, 0.25) is 0 Å². The summed E-state index contributed by atoms with van der Waals surface area (Å²) in [5, 5.41) is 11.9. The Morgan fingerprint density at radius 1 is 1.31 bits per heavy atom. The molecule has 1 aromatic carbocycles. The van der Waals surface area contributed by atoms with Crippen LogP contribution in [0.3, 0.4) is 0 Å². The first-order chi connectivity index (χ1) is 15.4. The van der Waals surface area contributed by atoms with Crippen molar-refractivity contribution in [3.05, 3.63) is 53.1 Å². The van der Waals surface area contributed by atoms with E-state index in [0.29, 0.717) is 24.7 Å². The molecule has 1 aromatic heterocycles. The zero-order valence-electron chi connectivity index (χ0n) is 17.8. The maximum Gasteiger partial charge on any atom is 0.291 e. The average molecular weight is 455 g/mol. The van der Waals surface area contributed by atoms with Crippen molar-refractivity contribution >= 4 is 27.4 Å². The van der Waals surface area contributed by atoms with E-state index in [0.717, 1.165) is 36.8 Å². The second kappa shape index (κ2) is 9.24. The Balaban J connectivity index is 1.63. The normalized spacial score (nSPS) is 20.9. The summed E-state index contributed by atoms with van der Waals surface area (Å²) < 4.78 is 28.3. The molecule has 1 aliphatic heterocycles. The van der Waals surface area contributed by atoms with Gasteiger partial charge in [0.1, 0.15) is 6.07 Å². The quantitative estimate of drug-likeness (QED) is 0.550. The first-order valence-corrected chi connectivity index (χ1v) is 12.2. The molecule has 0 spiro atoms. The van der Waals surface area contributed by atoms with Gasteiger partial charge in [-0.05, 0) is 48.4 Å². The molecular formula is C22H26N6O3S. The molecule has 1 unspecified atom stereocenters. The number of aromatic amines is 1. The van der Waals surface area contributed by atoms with Crippen LogP contribution in [0.25, 0.3) is 5.57 Å². The predicted molar refractivity (Wildman–Crippen MR) is 121 cm³/mol. The minimum atomic E-state index is -3.42. The number of rotatable bonds is 5. The first kappa shape index (κ1) is 22.2. The lowest BCUT2D eigenvalue weighted by Crippen LogP contribution is -2.47. The summed E-state index contributed by atoms with van der Waals surface area (Å²) in [4.78, 5) is 19.4. The Bertz CT molecular complexity index is 1180. The number of H-pyrrole nitrogens is 1. The van der Waals surface area contributed by atoms with Crippen molar-refractivity contribution in [3.8, 4) is 6.07 Å². The van der Waals surface area contributed by atoms with Gasteiger partial charge in [-0.2, -0.15) is 13.7 Å². The number of aromatic nitrogens is 2. The third-order valence-electron chi connectivity index (χ3n) is 6.15. The minimum Gasteiger partial charge on any atom is -0.339 e. The maximum absolute atomic E-state index is 12.7. The highest BCUT2D eigenvalue weighted by Crippen LogP contribution is 2.36. The number of carbonyl (C=O) groups is 1. The highest BCUT2D eigenvalue weighted by atomic mass is 32.2. The molecule has 2 aromatic rings. The number of anilines is 1. The highest BCUT2D eigenvalue weighted by molar-refractivity contribution is 7.87. The van der Waals surface area contributed by atoms with Crippen LogP contribution < -0.4 is 14.8 Å². The fraction of sp³-hybridized carbons (Fsp3) is 0.409. The summed E-state index contributed by atoms with van der Waals surface area (Å²) in [6, 6.07) is 7.71. The zero-order valence-corrected chi connectivity index (χ0v) is 18.6. The van der Waals surface area contributed by atoms with E-state index < -0.39 is 16.1 Å². The number of allylic oxidation sites excluding steroid dienone is 2. The van der Waals surface area contributed by atoms with Gasteiger partial charge in [0.25, 0.3) is 16.1 Å². The number of nitrogens with one attached hydrogen (secondary N) is 4. The maximum atomic E-state index is 12.7. The Morgan fingerprint density at radius 2 is 2.09 bits per heavy atom. The minimum absolute atomic E-state index is 0.0159. The third-order valence-corrected chi connectivity index (χ3v) is 7.25. The number of carbonyl (C=O) groups excluding carboxylic acids is 1. The standard InChI is InChI=1S/C22H26N6O3S/c1-2-14-3-5-15(6-4-14)19-9-16(17-11-25-32(30,31)26-12-17)7-8-20(19)28-22(29)21-24-13-18(10-23)27-21/h5,7-9,13-14,17,25-26H,2-4,6,11-12H2,1H3,(H,24,27)(H,28,29). The summed E-state index contributed by atoms with van der Waals surface area (Å²) in [5.41, 5.74) is 3.92. The summed E-state index contributed by atoms with van der Waals surface area (Å²) in [5.74, 6) is 0.309. The first-order valence-electron chi connectivity index (χ1n) is 10.7. The lowest BCUT2D eigenvalue weighted by atomic mass is 9.83. The van der Waals surface area contributed by atoms with Crippen molar-refractivity contribution in [3.63, 3.8) is 0 Å². The molecule has 0 saturated carbocycles. The largest absolute Gasteiger partial charge is 0.339 e. The number of nitrogens with zero attached hydrogens (tertiary/aromatic N) is 2.